The van der Waals surface area contributed by atoms with Gasteiger partial charge in [0.15, 0.2) is 0 Å². The van der Waals surface area contributed by atoms with Crippen molar-refractivity contribution < 1.29 is 0 Å². The second kappa shape index (κ2) is 9.19. The zero-order chi connectivity index (χ0) is 14.1. The van der Waals surface area contributed by atoms with Gasteiger partial charge in [0.05, 0.1) is 0 Å². The van der Waals surface area contributed by atoms with Gasteiger partial charge in [-0.25, -0.2) is 0 Å². The van der Waals surface area contributed by atoms with Crippen molar-refractivity contribution in [1.82, 2.24) is 0 Å². The van der Waals surface area contributed by atoms with Gasteiger partial charge in [-0.2, -0.15) is 0 Å². The molecule has 0 aromatic carbocycles. The molecule has 0 bridgehead atoms. The lowest BCUT2D eigenvalue weighted by Crippen LogP contribution is -2.04. The molecule has 0 saturated heterocycles. The van der Waals surface area contributed by atoms with Gasteiger partial charge in [0.2, 0.25) is 0 Å². The van der Waals surface area contributed by atoms with Crippen molar-refractivity contribution in [1.29, 1.82) is 0 Å². The van der Waals surface area contributed by atoms with Crippen LogP contribution in [0.15, 0.2) is 35.5 Å². The minimum atomic E-state index is 0.687. The highest BCUT2D eigenvalue weighted by molar-refractivity contribution is 5.45. The van der Waals surface area contributed by atoms with E-state index in [1.165, 1.54) is 60.8 Å². The molecule has 0 spiro atoms. The third-order valence-electron chi connectivity index (χ3n) is 3.74. The third kappa shape index (κ3) is 4.48. The summed E-state index contributed by atoms with van der Waals surface area (Å²) in [5, 5.41) is 0. The molecule has 18 heavy (non-hydrogen) atoms. The van der Waals surface area contributed by atoms with E-state index in [0.717, 1.165) is 0 Å². The van der Waals surface area contributed by atoms with Crippen molar-refractivity contribution in [3.63, 3.8) is 0 Å². The summed E-state index contributed by atoms with van der Waals surface area (Å²) in [7, 11) is 0. The Balaban J connectivity index is 0.00000137. The normalized spacial score (nSPS) is 16.1. The molecule has 0 radical (unpaired) electrons. The summed E-state index contributed by atoms with van der Waals surface area (Å²) in [4.78, 5) is 0. The first kappa shape index (κ1) is 17.2. The zero-order valence-electron chi connectivity index (χ0n) is 13.2. The molecule has 0 aliphatic heterocycles. The topological polar surface area (TPSA) is 0 Å². The van der Waals surface area contributed by atoms with E-state index < -0.39 is 0 Å². The molecule has 0 aromatic rings. The Morgan fingerprint density at radius 3 is 2.11 bits per heavy atom. The van der Waals surface area contributed by atoms with E-state index in [-0.39, 0.29) is 0 Å². The lowest BCUT2D eigenvalue weighted by molar-refractivity contribution is 0.538. The van der Waals surface area contributed by atoms with Crippen LogP contribution in [-0.4, -0.2) is 0 Å². The second-order valence-electron chi connectivity index (χ2n) is 5.01. The van der Waals surface area contributed by atoms with Gasteiger partial charge >= 0.3 is 0 Å². The maximum absolute atomic E-state index is 4.36. The van der Waals surface area contributed by atoms with Crippen LogP contribution in [0.4, 0.5) is 0 Å². The van der Waals surface area contributed by atoms with Crippen molar-refractivity contribution in [3.8, 4) is 0 Å². The van der Waals surface area contributed by atoms with Crippen LogP contribution in [0.5, 0.6) is 0 Å². The van der Waals surface area contributed by atoms with E-state index >= 15 is 0 Å². The SMILES string of the molecule is C=C(C)C1=C(C(=C)C(CC)CCC)CCC1.CC. The largest absolute Gasteiger partial charge is 0.0958 e. The summed E-state index contributed by atoms with van der Waals surface area (Å²) in [6.07, 6.45) is 7.49. The summed E-state index contributed by atoms with van der Waals surface area (Å²) >= 11 is 0. The predicted molar refractivity (Wildman–Crippen MR) is 84.9 cm³/mol. The average Bonchev–Trinajstić information content (AvgIpc) is 2.87. The van der Waals surface area contributed by atoms with Crippen LogP contribution in [0.25, 0.3) is 0 Å². The van der Waals surface area contributed by atoms with Gasteiger partial charge < -0.3 is 0 Å². The Morgan fingerprint density at radius 1 is 1.11 bits per heavy atom. The van der Waals surface area contributed by atoms with Crippen molar-refractivity contribution in [2.24, 2.45) is 5.92 Å². The lowest BCUT2D eigenvalue weighted by Gasteiger charge is -2.20. The molecule has 1 aliphatic rings. The van der Waals surface area contributed by atoms with E-state index in [1.54, 1.807) is 0 Å². The summed E-state index contributed by atoms with van der Waals surface area (Å²) < 4.78 is 0. The lowest BCUT2D eigenvalue weighted by atomic mass is 9.86. The van der Waals surface area contributed by atoms with Gasteiger partial charge in [-0.05, 0) is 61.7 Å². The Morgan fingerprint density at radius 2 is 1.67 bits per heavy atom. The molecule has 1 atom stereocenters. The summed E-state index contributed by atoms with van der Waals surface area (Å²) in [6, 6.07) is 0. The molecule has 1 aliphatic carbocycles. The van der Waals surface area contributed by atoms with Crippen LogP contribution >= 0.6 is 0 Å². The van der Waals surface area contributed by atoms with Gasteiger partial charge in [-0.3, -0.25) is 0 Å². The van der Waals surface area contributed by atoms with Crippen molar-refractivity contribution in [2.75, 3.05) is 0 Å². The van der Waals surface area contributed by atoms with Crippen LogP contribution in [0.1, 0.15) is 73.1 Å². The molecule has 0 saturated carbocycles. The summed E-state index contributed by atoms with van der Waals surface area (Å²) in [5.41, 5.74) is 5.69. The molecule has 0 N–H and O–H groups in total. The van der Waals surface area contributed by atoms with Gasteiger partial charge in [-0.15, -0.1) is 0 Å². The Bertz CT molecular complexity index is 304. The molecule has 0 aromatic heterocycles. The zero-order valence-corrected chi connectivity index (χ0v) is 13.2. The highest BCUT2D eigenvalue weighted by Gasteiger charge is 2.21. The molecule has 0 heterocycles. The minimum Gasteiger partial charge on any atom is -0.0958 e. The van der Waals surface area contributed by atoms with Crippen molar-refractivity contribution >= 4 is 0 Å². The fourth-order valence-electron chi connectivity index (χ4n) is 2.79. The molecule has 0 fully saturated rings. The Labute approximate surface area is 115 Å². The Hall–Kier alpha value is -0.780. The van der Waals surface area contributed by atoms with Gasteiger partial charge in [0.25, 0.3) is 0 Å². The highest BCUT2D eigenvalue weighted by atomic mass is 14.3. The fraction of sp³-hybridized carbons (Fsp3) is 0.667. The van der Waals surface area contributed by atoms with Crippen LogP contribution in [-0.2, 0) is 0 Å². The molecule has 0 nitrogen and oxygen atoms in total. The standard InChI is InChI=1S/C16H26.C2H6/c1-6-9-14(7-2)13(5)16-11-8-10-15(16)12(3)4;1-2/h14H,3,5-11H2,1-2,4H3;1-2H3. The maximum Gasteiger partial charge on any atom is -0.0168 e. The monoisotopic (exact) mass is 248 g/mol. The first-order valence-corrected chi connectivity index (χ1v) is 7.68. The molecule has 1 rings (SSSR count). The molecule has 0 amide bonds. The average molecular weight is 248 g/mol. The number of hydrogen-bond donors (Lipinski definition) is 0. The molecule has 104 valence electrons. The van der Waals surface area contributed by atoms with Crippen LogP contribution in [0, 0.1) is 5.92 Å². The smallest absolute Gasteiger partial charge is 0.0168 e. The van der Waals surface area contributed by atoms with E-state index in [4.69, 9.17) is 0 Å². The van der Waals surface area contributed by atoms with Crippen molar-refractivity contribution in [2.45, 2.75) is 73.1 Å². The number of hydrogen-bond acceptors (Lipinski definition) is 0. The first-order chi connectivity index (χ1) is 8.61. The van der Waals surface area contributed by atoms with Crippen LogP contribution in [0.3, 0.4) is 0 Å². The molecule has 0 heteroatoms. The highest BCUT2D eigenvalue weighted by Crippen LogP contribution is 2.38. The maximum atomic E-state index is 4.36. The molecular formula is C18H32. The third-order valence-corrected chi connectivity index (χ3v) is 3.74. The van der Waals surface area contributed by atoms with E-state index in [1.807, 2.05) is 13.8 Å². The van der Waals surface area contributed by atoms with Gasteiger partial charge in [-0.1, -0.05) is 52.8 Å². The molecular weight excluding hydrogens is 216 g/mol. The quantitative estimate of drug-likeness (QED) is 0.506. The van der Waals surface area contributed by atoms with E-state index in [2.05, 4.69) is 33.9 Å². The summed E-state index contributed by atoms with van der Waals surface area (Å²) in [5.74, 6) is 0.687. The van der Waals surface area contributed by atoms with Crippen molar-refractivity contribution in [3.05, 3.63) is 35.5 Å². The second-order valence-corrected chi connectivity index (χ2v) is 5.01. The van der Waals surface area contributed by atoms with E-state index in [0.29, 0.717) is 5.92 Å². The van der Waals surface area contributed by atoms with Gasteiger partial charge in [0, 0.05) is 0 Å². The number of rotatable bonds is 6. The Kier molecular flexibility index (Phi) is 8.79. The first-order valence-electron chi connectivity index (χ1n) is 7.68. The van der Waals surface area contributed by atoms with Gasteiger partial charge in [0.1, 0.15) is 0 Å². The summed E-state index contributed by atoms with van der Waals surface area (Å²) in [6.45, 7) is 19.1. The van der Waals surface area contributed by atoms with Crippen LogP contribution in [0.2, 0.25) is 0 Å². The van der Waals surface area contributed by atoms with Crippen LogP contribution < -0.4 is 0 Å². The predicted octanol–water partition coefficient (Wildman–Crippen LogP) is 6.45. The number of allylic oxidation sites excluding steroid dienone is 4. The minimum absolute atomic E-state index is 0.687. The van der Waals surface area contributed by atoms with E-state index in [9.17, 15) is 0 Å². The molecule has 1 unspecified atom stereocenters. The fourth-order valence-corrected chi connectivity index (χ4v) is 2.79.